The fourth-order valence-electron chi connectivity index (χ4n) is 1.88. The SMILES string of the molecule is ClC1CC(CNCCSc2ccccc2)C1. The fourth-order valence-corrected chi connectivity index (χ4v) is 3.22. The molecule has 0 saturated heterocycles. The van der Waals surface area contributed by atoms with Crippen molar-refractivity contribution in [1.29, 1.82) is 0 Å². The number of thioether (sulfide) groups is 1. The minimum Gasteiger partial charge on any atom is -0.316 e. The second-order valence-electron chi connectivity index (χ2n) is 4.30. The van der Waals surface area contributed by atoms with E-state index < -0.39 is 0 Å². The van der Waals surface area contributed by atoms with Crippen molar-refractivity contribution in [1.82, 2.24) is 5.32 Å². The van der Waals surface area contributed by atoms with E-state index in [9.17, 15) is 0 Å². The van der Waals surface area contributed by atoms with Gasteiger partial charge in [-0.05, 0) is 37.4 Å². The third kappa shape index (κ3) is 4.00. The van der Waals surface area contributed by atoms with Crippen LogP contribution in [0.2, 0.25) is 0 Å². The number of hydrogen-bond acceptors (Lipinski definition) is 2. The monoisotopic (exact) mass is 255 g/mol. The summed E-state index contributed by atoms with van der Waals surface area (Å²) < 4.78 is 0. The van der Waals surface area contributed by atoms with Crippen LogP contribution in [0.15, 0.2) is 35.2 Å². The van der Waals surface area contributed by atoms with Gasteiger partial charge in [0.1, 0.15) is 0 Å². The number of benzene rings is 1. The molecule has 0 aromatic heterocycles. The highest BCUT2D eigenvalue weighted by Gasteiger charge is 2.26. The standard InChI is InChI=1S/C13H18ClNS/c14-12-8-11(9-12)10-15-6-7-16-13-4-2-1-3-5-13/h1-5,11-12,15H,6-10H2. The molecule has 1 aromatic rings. The highest BCUT2D eigenvalue weighted by molar-refractivity contribution is 7.99. The van der Waals surface area contributed by atoms with E-state index >= 15 is 0 Å². The third-order valence-corrected chi connectivity index (χ3v) is 4.27. The lowest BCUT2D eigenvalue weighted by molar-refractivity contribution is 0.311. The zero-order chi connectivity index (χ0) is 11.2. The Kier molecular flexibility index (Phi) is 5.01. The summed E-state index contributed by atoms with van der Waals surface area (Å²) in [5.41, 5.74) is 0. The van der Waals surface area contributed by atoms with Crippen LogP contribution in [0.3, 0.4) is 0 Å². The molecule has 0 amide bonds. The Balaban J connectivity index is 1.49. The van der Waals surface area contributed by atoms with Crippen molar-refractivity contribution in [2.75, 3.05) is 18.8 Å². The van der Waals surface area contributed by atoms with Gasteiger partial charge in [0.25, 0.3) is 0 Å². The lowest BCUT2D eigenvalue weighted by atomic mass is 9.85. The van der Waals surface area contributed by atoms with Gasteiger partial charge in [-0.3, -0.25) is 0 Å². The van der Waals surface area contributed by atoms with E-state index in [4.69, 9.17) is 11.6 Å². The molecule has 1 fully saturated rings. The first kappa shape index (κ1) is 12.3. The molecule has 1 saturated carbocycles. The number of nitrogens with one attached hydrogen (secondary N) is 1. The smallest absolute Gasteiger partial charge is 0.0342 e. The molecular formula is C13H18ClNS. The largest absolute Gasteiger partial charge is 0.316 e. The lowest BCUT2D eigenvalue weighted by Crippen LogP contribution is -2.34. The molecular weight excluding hydrogens is 238 g/mol. The molecule has 0 aliphatic heterocycles. The summed E-state index contributed by atoms with van der Waals surface area (Å²) in [5, 5.41) is 3.95. The summed E-state index contributed by atoms with van der Waals surface area (Å²) in [5.74, 6) is 1.96. The lowest BCUT2D eigenvalue weighted by Gasteiger charge is -2.30. The second-order valence-corrected chi connectivity index (χ2v) is 6.09. The van der Waals surface area contributed by atoms with E-state index in [-0.39, 0.29) is 0 Å². The van der Waals surface area contributed by atoms with Gasteiger partial charge in [-0.2, -0.15) is 0 Å². The average molecular weight is 256 g/mol. The number of rotatable bonds is 6. The van der Waals surface area contributed by atoms with Crippen LogP contribution >= 0.6 is 23.4 Å². The van der Waals surface area contributed by atoms with E-state index in [1.165, 1.54) is 17.7 Å². The summed E-state index contributed by atoms with van der Waals surface area (Å²) in [7, 11) is 0. The molecule has 3 heteroatoms. The third-order valence-electron chi connectivity index (χ3n) is 2.90. The topological polar surface area (TPSA) is 12.0 Å². The van der Waals surface area contributed by atoms with Crippen LogP contribution in [0.25, 0.3) is 0 Å². The van der Waals surface area contributed by atoms with Crippen LogP contribution in [0, 0.1) is 5.92 Å². The Hall–Kier alpha value is -0.180. The van der Waals surface area contributed by atoms with Crippen molar-refractivity contribution in [2.24, 2.45) is 5.92 Å². The van der Waals surface area contributed by atoms with Crippen molar-refractivity contribution < 1.29 is 0 Å². The Labute approximate surface area is 107 Å². The van der Waals surface area contributed by atoms with Crippen molar-refractivity contribution in [3.05, 3.63) is 30.3 Å². The molecule has 1 aliphatic carbocycles. The van der Waals surface area contributed by atoms with Crippen LogP contribution in [0.1, 0.15) is 12.8 Å². The van der Waals surface area contributed by atoms with Crippen LogP contribution in [-0.2, 0) is 0 Å². The minimum absolute atomic E-state index is 0.450. The maximum absolute atomic E-state index is 5.93. The number of halogens is 1. The Morgan fingerprint density at radius 2 is 2.00 bits per heavy atom. The molecule has 88 valence electrons. The van der Waals surface area contributed by atoms with E-state index in [2.05, 4.69) is 35.6 Å². The van der Waals surface area contributed by atoms with Crippen molar-refractivity contribution in [3.8, 4) is 0 Å². The molecule has 0 bridgehead atoms. The molecule has 0 unspecified atom stereocenters. The first-order valence-corrected chi connectivity index (χ1v) is 7.29. The number of alkyl halides is 1. The molecule has 1 aromatic carbocycles. The Morgan fingerprint density at radius 1 is 1.25 bits per heavy atom. The maximum Gasteiger partial charge on any atom is 0.0342 e. The molecule has 1 aliphatic rings. The van der Waals surface area contributed by atoms with Crippen LogP contribution in [-0.4, -0.2) is 24.2 Å². The second kappa shape index (κ2) is 6.53. The molecule has 0 spiro atoms. The van der Waals surface area contributed by atoms with E-state index in [0.717, 1.165) is 24.8 Å². The van der Waals surface area contributed by atoms with Crippen molar-refractivity contribution >= 4 is 23.4 Å². The van der Waals surface area contributed by atoms with Crippen LogP contribution in [0.5, 0.6) is 0 Å². The maximum atomic E-state index is 5.93. The minimum atomic E-state index is 0.450. The molecule has 0 atom stereocenters. The molecule has 2 rings (SSSR count). The molecule has 16 heavy (non-hydrogen) atoms. The van der Waals surface area contributed by atoms with E-state index in [1.807, 2.05) is 11.8 Å². The molecule has 0 radical (unpaired) electrons. The van der Waals surface area contributed by atoms with Crippen LogP contribution < -0.4 is 5.32 Å². The van der Waals surface area contributed by atoms with Gasteiger partial charge >= 0.3 is 0 Å². The predicted molar refractivity (Wildman–Crippen MR) is 72.4 cm³/mol. The highest BCUT2D eigenvalue weighted by Crippen LogP contribution is 2.31. The van der Waals surface area contributed by atoms with Gasteiger partial charge in [-0.1, -0.05) is 18.2 Å². The zero-order valence-electron chi connectivity index (χ0n) is 9.36. The molecule has 0 heterocycles. The first-order chi connectivity index (χ1) is 7.84. The molecule has 1 N–H and O–H groups in total. The van der Waals surface area contributed by atoms with Crippen molar-refractivity contribution in [2.45, 2.75) is 23.1 Å². The summed E-state index contributed by atoms with van der Waals surface area (Å²) in [6.07, 6.45) is 2.39. The summed E-state index contributed by atoms with van der Waals surface area (Å²) in [6.45, 7) is 2.22. The van der Waals surface area contributed by atoms with E-state index in [0.29, 0.717) is 5.38 Å². The summed E-state index contributed by atoms with van der Waals surface area (Å²) in [4.78, 5) is 1.36. The van der Waals surface area contributed by atoms with Gasteiger partial charge in [0, 0.05) is 22.6 Å². The van der Waals surface area contributed by atoms with E-state index in [1.54, 1.807) is 0 Å². The van der Waals surface area contributed by atoms with Gasteiger partial charge in [-0.15, -0.1) is 23.4 Å². The van der Waals surface area contributed by atoms with Gasteiger partial charge in [-0.25, -0.2) is 0 Å². The van der Waals surface area contributed by atoms with Gasteiger partial charge < -0.3 is 5.32 Å². The quantitative estimate of drug-likeness (QED) is 0.475. The van der Waals surface area contributed by atoms with Crippen molar-refractivity contribution in [3.63, 3.8) is 0 Å². The average Bonchev–Trinajstić information content (AvgIpc) is 2.27. The van der Waals surface area contributed by atoms with Gasteiger partial charge in [0.05, 0.1) is 0 Å². The normalized spacial score (nSPS) is 24.1. The first-order valence-electron chi connectivity index (χ1n) is 5.87. The Bertz CT molecular complexity index is 298. The predicted octanol–water partition coefficient (Wildman–Crippen LogP) is 3.39. The van der Waals surface area contributed by atoms with Crippen LogP contribution in [0.4, 0.5) is 0 Å². The van der Waals surface area contributed by atoms with Gasteiger partial charge in [0.2, 0.25) is 0 Å². The highest BCUT2D eigenvalue weighted by atomic mass is 35.5. The Morgan fingerprint density at radius 3 is 2.69 bits per heavy atom. The number of hydrogen-bond donors (Lipinski definition) is 1. The zero-order valence-corrected chi connectivity index (χ0v) is 10.9. The molecule has 1 nitrogen and oxygen atoms in total. The van der Waals surface area contributed by atoms with Gasteiger partial charge in [0.15, 0.2) is 0 Å². The summed E-state index contributed by atoms with van der Waals surface area (Å²) >= 11 is 7.84. The fraction of sp³-hybridized carbons (Fsp3) is 0.538. The summed E-state index contributed by atoms with van der Waals surface area (Å²) in [6, 6.07) is 10.6.